The van der Waals surface area contributed by atoms with Gasteiger partial charge in [0, 0.05) is 17.5 Å². The lowest BCUT2D eigenvalue weighted by Crippen LogP contribution is -2.13. The largest absolute Gasteiger partial charge is 0.362 e. The van der Waals surface area contributed by atoms with E-state index in [0.29, 0.717) is 11.4 Å². The van der Waals surface area contributed by atoms with Crippen LogP contribution in [0.2, 0.25) is 0 Å². The van der Waals surface area contributed by atoms with Crippen LogP contribution in [0.25, 0.3) is 0 Å². The first-order valence-electron chi connectivity index (χ1n) is 6.96. The summed E-state index contributed by atoms with van der Waals surface area (Å²) >= 11 is 0. The van der Waals surface area contributed by atoms with Crippen LogP contribution in [0.4, 0.5) is 5.82 Å². The van der Waals surface area contributed by atoms with E-state index in [9.17, 15) is 5.26 Å². The van der Waals surface area contributed by atoms with Crippen molar-refractivity contribution < 1.29 is 0 Å². The van der Waals surface area contributed by atoms with E-state index in [-0.39, 0.29) is 6.04 Å². The van der Waals surface area contributed by atoms with Gasteiger partial charge in [-0.05, 0) is 44.2 Å². The predicted octanol–water partition coefficient (Wildman–Crippen LogP) is 2.73. The average molecular weight is 267 g/mol. The zero-order valence-corrected chi connectivity index (χ0v) is 11.5. The second-order valence-corrected chi connectivity index (χ2v) is 5.21. The lowest BCUT2D eigenvalue weighted by atomic mass is 9.95. The maximum Gasteiger partial charge on any atom is 0.144 e. The first-order chi connectivity index (χ1) is 9.78. The molecule has 0 amide bonds. The Hall–Kier alpha value is -2.35. The summed E-state index contributed by atoms with van der Waals surface area (Å²) in [6.07, 6.45) is 8.05. The fourth-order valence-electron chi connectivity index (χ4n) is 2.62. The molecule has 1 aliphatic rings. The Morgan fingerprint density at radius 2 is 2.25 bits per heavy atom. The highest BCUT2D eigenvalue weighted by Gasteiger charge is 2.16. The minimum Gasteiger partial charge on any atom is -0.362 e. The topological polar surface area (TPSA) is 77.4 Å². The van der Waals surface area contributed by atoms with Gasteiger partial charge in [0.25, 0.3) is 0 Å². The zero-order valence-electron chi connectivity index (χ0n) is 11.5. The summed E-state index contributed by atoms with van der Waals surface area (Å²) in [5.41, 5.74) is 4.04. The minimum atomic E-state index is 0.0648. The first-order valence-corrected chi connectivity index (χ1v) is 6.96. The molecule has 3 rings (SSSR count). The van der Waals surface area contributed by atoms with Gasteiger partial charge in [0.2, 0.25) is 0 Å². The standard InChI is InChI=1S/C15H17N5/c1-10(13-8-17-18-9-13)19-15-12(7-16)6-11-4-2-3-5-14(11)20-15/h6,8-10H,2-5H2,1H3,(H,17,18)(H,19,20). The molecule has 0 bridgehead atoms. The molecule has 1 aliphatic carbocycles. The fourth-order valence-corrected chi connectivity index (χ4v) is 2.62. The third-order valence-corrected chi connectivity index (χ3v) is 3.79. The Morgan fingerprint density at radius 1 is 1.40 bits per heavy atom. The molecule has 2 aromatic rings. The summed E-state index contributed by atoms with van der Waals surface area (Å²) in [6.45, 7) is 2.03. The molecule has 0 fully saturated rings. The van der Waals surface area contributed by atoms with Crippen LogP contribution in [0.3, 0.4) is 0 Å². The van der Waals surface area contributed by atoms with Gasteiger partial charge in [0.1, 0.15) is 11.9 Å². The van der Waals surface area contributed by atoms with Crippen LogP contribution in [0, 0.1) is 11.3 Å². The van der Waals surface area contributed by atoms with Crippen LogP contribution in [-0.2, 0) is 12.8 Å². The normalized spacial score (nSPS) is 15.2. The zero-order chi connectivity index (χ0) is 13.9. The van der Waals surface area contributed by atoms with E-state index < -0.39 is 0 Å². The Labute approximate surface area is 118 Å². The molecule has 0 radical (unpaired) electrons. The van der Waals surface area contributed by atoms with Gasteiger partial charge < -0.3 is 5.32 Å². The molecule has 20 heavy (non-hydrogen) atoms. The summed E-state index contributed by atoms with van der Waals surface area (Å²) in [7, 11) is 0. The number of aromatic nitrogens is 3. The van der Waals surface area contributed by atoms with Crippen molar-refractivity contribution in [2.24, 2.45) is 0 Å². The van der Waals surface area contributed by atoms with Crippen LogP contribution in [0.1, 0.15) is 48.2 Å². The van der Waals surface area contributed by atoms with Gasteiger partial charge in [0.05, 0.1) is 17.8 Å². The molecule has 0 aromatic carbocycles. The Morgan fingerprint density at radius 3 is 3.00 bits per heavy atom. The van der Waals surface area contributed by atoms with E-state index in [1.807, 2.05) is 19.2 Å². The van der Waals surface area contributed by atoms with Gasteiger partial charge in [-0.25, -0.2) is 4.98 Å². The molecule has 0 spiro atoms. The van der Waals surface area contributed by atoms with Gasteiger partial charge in [0.15, 0.2) is 0 Å². The van der Waals surface area contributed by atoms with Crippen LogP contribution >= 0.6 is 0 Å². The molecule has 0 saturated heterocycles. The van der Waals surface area contributed by atoms with Crippen molar-refractivity contribution in [3.63, 3.8) is 0 Å². The molecule has 0 saturated carbocycles. The maximum absolute atomic E-state index is 9.31. The predicted molar refractivity (Wildman–Crippen MR) is 76.2 cm³/mol. The number of H-pyrrole nitrogens is 1. The molecule has 1 atom stereocenters. The van der Waals surface area contributed by atoms with Gasteiger partial charge in [-0.2, -0.15) is 10.4 Å². The summed E-state index contributed by atoms with van der Waals surface area (Å²) in [4.78, 5) is 4.67. The number of nitriles is 1. The molecule has 5 heteroatoms. The Balaban J connectivity index is 1.90. The van der Waals surface area contributed by atoms with E-state index in [4.69, 9.17) is 0 Å². The van der Waals surface area contributed by atoms with Crippen molar-refractivity contribution in [3.05, 3.63) is 40.8 Å². The van der Waals surface area contributed by atoms with Crippen molar-refractivity contribution in [1.29, 1.82) is 5.26 Å². The van der Waals surface area contributed by atoms with Crippen molar-refractivity contribution in [2.45, 2.75) is 38.6 Å². The maximum atomic E-state index is 9.31. The molecule has 0 aliphatic heterocycles. The van der Waals surface area contributed by atoms with Gasteiger partial charge in [-0.15, -0.1) is 0 Å². The van der Waals surface area contributed by atoms with E-state index in [0.717, 1.165) is 24.1 Å². The fraction of sp³-hybridized carbons (Fsp3) is 0.400. The number of aryl methyl sites for hydroxylation is 2. The number of rotatable bonds is 3. The molecule has 5 nitrogen and oxygen atoms in total. The SMILES string of the molecule is CC(Nc1nc2c(cc1C#N)CCCC2)c1cn[nH]c1. The number of hydrogen-bond acceptors (Lipinski definition) is 4. The number of hydrogen-bond donors (Lipinski definition) is 2. The van der Waals surface area contributed by atoms with Crippen LogP contribution in [0.5, 0.6) is 0 Å². The number of aromatic amines is 1. The third kappa shape index (κ3) is 2.37. The van der Waals surface area contributed by atoms with E-state index in [2.05, 4.69) is 26.6 Å². The summed E-state index contributed by atoms with van der Waals surface area (Å²) < 4.78 is 0. The van der Waals surface area contributed by atoms with Gasteiger partial charge in [-0.3, -0.25) is 5.10 Å². The number of pyridine rings is 1. The Bertz CT molecular complexity index is 639. The van der Waals surface area contributed by atoms with E-state index in [1.54, 1.807) is 6.20 Å². The molecule has 2 aromatic heterocycles. The molecule has 2 N–H and O–H groups in total. The molecule has 1 unspecified atom stereocenters. The molecule has 2 heterocycles. The highest BCUT2D eigenvalue weighted by atomic mass is 15.1. The number of anilines is 1. The first kappa shape index (κ1) is 12.7. The van der Waals surface area contributed by atoms with Crippen molar-refractivity contribution in [2.75, 3.05) is 5.32 Å². The summed E-state index contributed by atoms with van der Waals surface area (Å²) in [5.74, 6) is 0.682. The van der Waals surface area contributed by atoms with Crippen LogP contribution in [-0.4, -0.2) is 15.2 Å². The average Bonchev–Trinajstić information content (AvgIpc) is 3.01. The minimum absolute atomic E-state index is 0.0648. The van der Waals surface area contributed by atoms with Crippen molar-refractivity contribution in [1.82, 2.24) is 15.2 Å². The highest BCUT2D eigenvalue weighted by Crippen LogP contribution is 2.26. The quantitative estimate of drug-likeness (QED) is 0.896. The summed E-state index contributed by atoms with van der Waals surface area (Å²) in [5, 5.41) is 19.4. The summed E-state index contributed by atoms with van der Waals surface area (Å²) in [6, 6.07) is 4.30. The molecular formula is C15H17N5. The second-order valence-electron chi connectivity index (χ2n) is 5.21. The van der Waals surface area contributed by atoms with Gasteiger partial charge >= 0.3 is 0 Å². The van der Waals surface area contributed by atoms with E-state index >= 15 is 0 Å². The third-order valence-electron chi connectivity index (χ3n) is 3.79. The van der Waals surface area contributed by atoms with Crippen LogP contribution in [0.15, 0.2) is 18.5 Å². The van der Waals surface area contributed by atoms with Crippen molar-refractivity contribution >= 4 is 5.82 Å². The van der Waals surface area contributed by atoms with E-state index in [1.165, 1.54) is 18.4 Å². The van der Waals surface area contributed by atoms with Crippen LogP contribution < -0.4 is 5.32 Å². The molecule has 102 valence electrons. The number of nitrogens with one attached hydrogen (secondary N) is 2. The number of fused-ring (bicyclic) bond motifs is 1. The lowest BCUT2D eigenvalue weighted by Gasteiger charge is -2.19. The Kier molecular flexibility index (Phi) is 3.38. The molecular weight excluding hydrogens is 250 g/mol. The monoisotopic (exact) mass is 267 g/mol. The van der Waals surface area contributed by atoms with Gasteiger partial charge in [-0.1, -0.05) is 0 Å². The number of nitrogens with zero attached hydrogens (tertiary/aromatic N) is 3. The second kappa shape index (κ2) is 5.33. The lowest BCUT2D eigenvalue weighted by molar-refractivity contribution is 0.667. The van der Waals surface area contributed by atoms with Crippen molar-refractivity contribution in [3.8, 4) is 6.07 Å². The highest BCUT2D eigenvalue weighted by molar-refractivity contribution is 5.55. The smallest absolute Gasteiger partial charge is 0.144 e.